The molecule has 0 aliphatic carbocycles. The standard InChI is InChI=1S/C13H16N2O3/c1-3-18-13(16)10-4-5-11-12(8-10)15(9-14-11)6-7-17-2/h4-5,8-9H,3,6-7H2,1-2H3. The van der Waals surface area contributed by atoms with Gasteiger partial charge in [0.15, 0.2) is 0 Å². The van der Waals surface area contributed by atoms with Gasteiger partial charge in [-0.25, -0.2) is 9.78 Å². The molecule has 2 aromatic rings. The third-order valence-corrected chi connectivity index (χ3v) is 2.67. The first-order valence-electron chi connectivity index (χ1n) is 5.87. The van der Waals surface area contributed by atoms with E-state index in [0.717, 1.165) is 11.0 Å². The molecule has 5 heteroatoms. The molecular weight excluding hydrogens is 232 g/mol. The van der Waals surface area contributed by atoms with Gasteiger partial charge < -0.3 is 14.0 Å². The van der Waals surface area contributed by atoms with Crippen LogP contribution in [0.3, 0.4) is 0 Å². The molecule has 96 valence electrons. The highest BCUT2D eigenvalue weighted by molar-refractivity contribution is 5.93. The average molecular weight is 248 g/mol. The minimum atomic E-state index is -0.307. The average Bonchev–Trinajstić information content (AvgIpc) is 2.79. The summed E-state index contributed by atoms with van der Waals surface area (Å²) in [5, 5.41) is 0. The van der Waals surface area contributed by atoms with E-state index in [0.29, 0.717) is 25.3 Å². The van der Waals surface area contributed by atoms with E-state index in [1.165, 1.54) is 0 Å². The van der Waals surface area contributed by atoms with Crippen molar-refractivity contribution in [3.05, 3.63) is 30.1 Å². The number of methoxy groups -OCH3 is 1. The summed E-state index contributed by atoms with van der Waals surface area (Å²) >= 11 is 0. The van der Waals surface area contributed by atoms with Crippen LogP contribution in [0.2, 0.25) is 0 Å². The third-order valence-electron chi connectivity index (χ3n) is 2.67. The largest absolute Gasteiger partial charge is 0.462 e. The number of carbonyl (C=O) groups is 1. The van der Waals surface area contributed by atoms with Crippen LogP contribution in [0.15, 0.2) is 24.5 Å². The fourth-order valence-corrected chi connectivity index (χ4v) is 1.77. The maximum absolute atomic E-state index is 11.7. The van der Waals surface area contributed by atoms with E-state index in [2.05, 4.69) is 4.98 Å². The van der Waals surface area contributed by atoms with Crippen molar-refractivity contribution in [3.63, 3.8) is 0 Å². The van der Waals surface area contributed by atoms with E-state index in [1.54, 1.807) is 32.5 Å². The highest BCUT2D eigenvalue weighted by Gasteiger charge is 2.09. The van der Waals surface area contributed by atoms with Crippen molar-refractivity contribution in [2.45, 2.75) is 13.5 Å². The molecule has 0 aliphatic heterocycles. The zero-order valence-electron chi connectivity index (χ0n) is 10.5. The van der Waals surface area contributed by atoms with Crippen LogP contribution in [0.4, 0.5) is 0 Å². The molecule has 0 spiro atoms. The van der Waals surface area contributed by atoms with Crippen molar-refractivity contribution in [2.24, 2.45) is 0 Å². The number of benzene rings is 1. The molecule has 0 bridgehead atoms. The number of esters is 1. The van der Waals surface area contributed by atoms with Crippen LogP contribution >= 0.6 is 0 Å². The Labute approximate surface area is 105 Å². The van der Waals surface area contributed by atoms with Gasteiger partial charge in [-0.3, -0.25) is 0 Å². The van der Waals surface area contributed by atoms with Gasteiger partial charge in [-0.2, -0.15) is 0 Å². The van der Waals surface area contributed by atoms with Crippen LogP contribution in [0.25, 0.3) is 11.0 Å². The molecule has 2 rings (SSSR count). The van der Waals surface area contributed by atoms with Gasteiger partial charge in [0.25, 0.3) is 0 Å². The van der Waals surface area contributed by atoms with Gasteiger partial charge in [-0.1, -0.05) is 0 Å². The number of rotatable bonds is 5. The number of hydrogen-bond acceptors (Lipinski definition) is 4. The molecule has 18 heavy (non-hydrogen) atoms. The van der Waals surface area contributed by atoms with Gasteiger partial charge in [0.05, 0.1) is 36.1 Å². The second-order valence-corrected chi connectivity index (χ2v) is 3.85. The Morgan fingerprint density at radius 2 is 2.28 bits per heavy atom. The summed E-state index contributed by atoms with van der Waals surface area (Å²) in [6.45, 7) is 3.48. The number of imidazole rings is 1. The van der Waals surface area contributed by atoms with Gasteiger partial charge in [-0.15, -0.1) is 0 Å². The molecule has 1 aromatic heterocycles. The van der Waals surface area contributed by atoms with E-state index in [1.807, 2.05) is 10.6 Å². The Morgan fingerprint density at radius 3 is 3.00 bits per heavy atom. The normalized spacial score (nSPS) is 10.8. The fourth-order valence-electron chi connectivity index (χ4n) is 1.77. The van der Waals surface area contributed by atoms with Crippen molar-refractivity contribution in [1.82, 2.24) is 9.55 Å². The molecule has 0 radical (unpaired) electrons. The van der Waals surface area contributed by atoms with E-state index in [9.17, 15) is 4.79 Å². The first kappa shape index (κ1) is 12.6. The second kappa shape index (κ2) is 5.64. The molecule has 1 aromatic carbocycles. The molecule has 0 fully saturated rings. The maximum atomic E-state index is 11.7. The molecule has 0 aliphatic rings. The van der Waals surface area contributed by atoms with Gasteiger partial charge in [-0.05, 0) is 25.1 Å². The number of ether oxygens (including phenoxy) is 2. The molecule has 0 atom stereocenters. The minimum Gasteiger partial charge on any atom is -0.462 e. The lowest BCUT2D eigenvalue weighted by Crippen LogP contribution is -2.06. The Morgan fingerprint density at radius 1 is 1.44 bits per heavy atom. The first-order chi connectivity index (χ1) is 8.76. The van der Waals surface area contributed by atoms with Crippen LogP contribution in [-0.2, 0) is 16.0 Å². The van der Waals surface area contributed by atoms with Crippen molar-refractivity contribution >= 4 is 17.0 Å². The molecule has 0 unspecified atom stereocenters. The Balaban J connectivity index is 2.32. The van der Waals surface area contributed by atoms with Crippen molar-refractivity contribution in [2.75, 3.05) is 20.3 Å². The lowest BCUT2D eigenvalue weighted by molar-refractivity contribution is 0.0526. The highest BCUT2D eigenvalue weighted by Crippen LogP contribution is 2.15. The van der Waals surface area contributed by atoms with Crippen LogP contribution in [-0.4, -0.2) is 35.8 Å². The molecular formula is C13H16N2O3. The number of fused-ring (bicyclic) bond motifs is 1. The van der Waals surface area contributed by atoms with Crippen LogP contribution in [0.1, 0.15) is 17.3 Å². The lowest BCUT2D eigenvalue weighted by atomic mass is 10.2. The summed E-state index contributed by atoms with van der Waals surface area (Å²) in [6, 6.07) is 5.36. The van der Waals surface area contributed by atoms with Crippen LogP contribution in [0, 0.1) is 0 Å². The van der Waals surface area contributed by atoms with E-state index in [4.69, 9.17) is 9.47 Å². The van der Waals surface area contributed by atoms with Crippen molar-refractivity contribution in [1.29, 1.82) is 0 Å². The van der Waals surface area contributed by atoms with E-state index >= 15 is 0 Å². The monoisotopic (exact) mass is 248 g/mol. The first-order valence-corrected chi connectivity index (χ1v) is 5.87. The predicted molar refractivity (Wildman–Crippen MR) is 67.6 cm³/mol. The fraction of sp³-hybridized carbons (Fsp3) is 0.385. The van der Waals surface area contributed by atoms with Crippen molar-refractivity contribution in [3.8, 4) is 0 Å². The zero-order valence-corrected chi connectivity index (χ0v) is 10.5. The van der Waals surface area contributed by atoms with E-state index < -0.39 is 0 Å². The SMILES string of the molecule is CCOC(=O)c1ccc2ncn(CCOC)c2c1. The number of aromatic nitrogens is 2. The smallest absolute Gasteiger partial charge is 0.338 e. The van der Waals surface area contributed by atoms with Crippen molar-refractivity contribution < 1.29 is 14.3 Å². The van der Waals surface area contributed by atoms with E-state index in [-0.39, 0.29) is 5.97 Å². The lowest BCUT2D eigenvalue weighted by Gasteiger charge is -2.05. The Hall–Kier alpha value is -1.88. The molecule has 0 N–H and O–H groups in total. The summed E-state index contributed by atoms with van der Waals surface area (Å²) < 4.78 is 12.0. The molecule has 5 nitrogen and oxygen atoms in total. The molecule has 0 saturated heterocycles. The zero-order chi connectivity index (χ0) is 13.0. The Bertz CT molecular complexity index is 548. The topological polar surface area (TPSA) is 53.3 Å². The number of nitrogens with zero attached hydrogens (tertiary/aromatic N) is 2. The highest BCUT2D eigenvalue weighted by atomic mass is 16.5. The number of carbonyl (C=O) groups excluding carboxylic acids is 1. The van der Waals surface area contributed by atoms with Crippen LogP contribution < -0.4 is 0 Å². The van der Waals surface area contributed by atoms with Gasteiger partial charge in [0.2, 0.25) is 0 Å². The van der Waals surface area contributed by atoms with Gasteiger partial charge in [0, 0.05) is 13.7 Å². The van der Waals surface area contributed by atoms with Gasteiger partial charge >= 0.3 is 5.97 Å². The minimum absolute atomic E-state index is 0.307. The predicted octanol–water partition coefficient (Wildman–Crippen LogP) is 1.86. The molecule has 1 heterocycles. The number of hydrogen-bond donors (Lipinski definition) is 0. The van der Waals surface area contributed by atoms with Gasteiger partial charge in [0.1, 0.15) is 0 Å². The van der Waals surface area contributed by atoms with Crippen LogP contribution in [0.5, 0.6) is 0 Å². The summed E-state index contributed by atoms with van der Waals surface area (Å²) in [6.07, 6.45) is 1.75. The Kier molecular flexibility index (Phi) is 3.94. The second-order valence-electron chi connectivity index (χ2n) is 3.85. The summed E-state index contributed by atoms with van der Waals surface area (Å²) in [5.74, 6) is -0.307. The third kappa shape index (κ3) is 2.51. The molecule has 0 amide bonds. The maximum Gasteiger partial charge on any atom is 0.338 e. The summed E-state index contributed by atoms with van der Waals surface area (Å²) in [4.78, 5) is 15.9. The summed E-state index contributed by atoms with van der Waals surface area (Å²) in [5.41, 5.74) is 2.32. The molecule has 0 saturated carbocycles. The summed E-state index contributed by atoms with van der Waals surface area (Å²) in [7, 11) is 1.66. The quantitative estimate of drug-likeness (QED) is 0.758.